The summed E-state index contributed by atoms with van der Waals surface area (Å²) in [6, 6.07) is 12.0. The molecule has 0 radical (unpaired) electrons. The second-order valence-electron chi connectivity index (χ2n) is 9.75. The van der Waals surface area contributed by atoms with Gasteiger partial charge in [0, 0.05) is 18.8 Å². The molecule has 0 bridgehead atoms. The minimum Gasteiger partial charge on any atom is -0.384 e. The van der Waals surface area contributed by atoms with E-state index in [2.05, 4.69) is 55.7 Å². The van der Waals surface area contributed by atoms with Crippen LogP contribution in [0.3, 0.4) is 0 Å². The molecule has 0 amide bonds. The highest BCUT2D eigenvalue weighted by Crippen LogP contribution is 2.44. The maximum atomic E-state index is 10.4. The van der Waals surface area contributed by atoms with Crippen LogP contribution in [-0.2, 0) is 18.6 Å². The van der Waals surface area contributed by atoms with Crippen LogP contribution in [0.5, 0.6) is 0 Å². The molecule has 0 saturated heterocycles. The van der Waals surface area contributed by atoms with E-state index in [0.29, 0.717) is 47.6 Å². The molecule has 1 saturated carbocycles. The molecule has 34 heavy (non-hydrogen) atoms. The molecule has 1 unspecified atom stereocenters. The lowest BCUT2D eigenvalue weighted by atomic mass is 9.77. The average molecular weight is 454 g/mol. The first-order valence-electron chi connectivity index (χ1n) is 11.9. The van der Waals surface area contributed by atoms with Gasteiger partial charge in [0.15, 0.2) is 5.82 Å². The summed E-state index contributed by atoms with van der Waals surface area (Å²) < 4.78 is 0. The largest absolute Gasteiger partial charge is 0.384 e. The molecule has 1 fully saturated rings. The van der Waals surface area contributed by atoms with Gasteiger partial charge in [-0.3, -0.25) is 0 Å². The van der Waals surface area contributed by atoms with Crippen LogP contribution in [0, 0.1) is 11.3 Å². The molecule has 2 aliphatic carbocycles. The number of pyridine rings is 1. The number of hydrogen-bond acceptors (Lipinski definition) is 8. The highest BCUT2D eigenvalue weighted by Gasteiger charge is 2.43. The third-order valence-electron chi connectivity index (χ3n) is 7.09. The van der Waals surface area contributed by atoms with Crippen LogP contribution >= 0.6 is 0 Å². The monoisotopic (exact) mass is 453 g/mol. The van der Waals surface area contributed by atoms with E-state index in [0.717, 1.165) is 25.2 Å². The first-order chi connectivity index (χ1) is 16.5. The van der Waals surface area contributed by atoms with Crippen LogP contribution in [0.4, 0.5) is 23.3 Å². The zero-order valence-corrected chi connectivity index (χ0v) is 19.2. The second kappa shape index (κ2) is 8.05. The van der Waals surface area contributed by atoms with Crippen LogP contribution in [0.1, 0.15) is 59.5 Å². The van der Waals surface area contributed by atoms with Crippen molar-refractivity contribution in [3.05, 3.63) is 64.5 Å². The molecule has 3 heterocycles. The van der Waals surface area contributed by atoms with E-state index in [1.54, 1.807) is 11.6 Å². The van der Waals surface area contributed by atoms with Crippen molar-refractivity contribution in [2.75, 3.05) is 24.2 Å². The molecule has 1 aromatic carbocycles. The van der Waals surface area contributed by atoms with E-state index in [-0.39, 0.29) is 0 Å². The van der Waals surface area contributed by atoms with Crippen molar-refractivity contribution < 1.29 is 5.11 Å². The Morgan fingerprint density at radius 1 is 1.18 bits per heavy atom. The summed E-state index contributed by atoms with van der Waals surface area (Å²) in [7, 11) is 2.18. The Bertz CT molecular complexity index is 1310. The molecule has 1 atom stereocenters. The Kier molecular flexibility index (Phi) is 4.97. The van der Waals surface area contributed by atoms with Crippen LogP contribution in [-0.4, -0.2) is 38.6 Å². The SMILES string of the molecule is CN1Cc2cc(Nc3ncc(C#N)c(Nc4cccc(C5(O)CC5)n4)n3)cc3c2C(CCC3)C1. The maximum Gasteiger partial charge on any atom is 0.229 e. The fourth-order valence-corrected chi connectivity index (χ4v) is 5.32. The zero-order chi connectivity index (χ0) is 23.3. The first kappa shape index (κ1) is 21.0. The molecule has 2 aromatic heterocycles. The molecule has 3 aliphatic rings. The van der Waals surface area contributed by atoms with Crippen LogP contribution in [0.15, 0.2) is 36.5 Å². The topological polar surface area (TPSA) is 110 Å². The molecule has 8 nitrogen and oxygen atoms in total. The maximum absolute atomic E-state index is 10.4. The Hall–Kier alpha value is -3.54. The van der Waals surface area contributed by atoms with Gasteiger partial charge in [-0.2, -0.15) is 10.2 Å². The lowest BCUT2D eigenvalue weighted by Gasteiger charge is -2.37. The quantitative estimate of drug-likeness (QED) is 0.530. The van der Waals surface area contributed by atoms with Gasteiger partial charge in [-0.15, -0.1) is 0 Å². The van der Waals surface area contributed by atoms with Gasteiger partial charge < -0.3 is 20.6 Å². The van der Waals surface area contributed by atoms with Gasteiger partial charge in [-0.05, 0) is 86.0 Å². The zero-order valence-electron chi connectivity index (χ0n) is 19.2. The summed E-state index contributed by atoms with van der Waals surface area (Å²) in [5.41, 5.74) is 5.45. The van der Waals surface area contributed by atoms with Gasteiger partial charge in [0.2, 0.25) is 5.95 Å². The van der Waals surface area contributed by atoms with Crippen molar-refractivity contribution in [2.45, 2.75) is 50.2 Å². The summed E-state index contributed by atoms with van der Waals surface area (Å²) in [5.74, 6) is 1.96. The summed E-state index contributed by atoms with van der Waals surface area (Å²) in [5, 5.41) is 26.5. The average Bonchev–Trinajstić information content (AvgIpc) is 3.58. The van der Waals surface area contributed by atoms with Gasteiger partial charge in [0.05, 0.1) is 11.9 Å². The first-order valence-corrected chi connectivity index (χ1v) is 11.9. The Morgan fingerprint density at radius 2 is 2.03 bits per heavy atom. The van der Waals surface area contributed by atoms with Gasteiger partial charge in [-0.25, -0.2) is 9.97 Å². The van der Waals surface area contributed by atoms with Crippen LogP contribution in [0.2, 0.25) is 0 Å². The standard InChI is InChI=1S/C26H27N7O/c1-33-14-17-5-2-4-16-10-20(11-18(15-33)23(16)17)29-25-28-13-19(12-27)24(32-25)31-22-7-3-6-21(30-22)26(34)8-9-26/h3,6-7,10-11,13,17,34H,2,4-5,8-9,14-15H2,1H3,(H2,28,29,30,31,32). The number of nitriles is 1. The number of aryl methyl sites for hydroxylation is 1. The minimum absolute atomic E-state index is 0.327. The van der Waals surface area contributed by atoms with Crippen molar-refractivity contribution in [3.63, 3.8) is 0 Å². The number of likely N-dealkylation sites (N-methyl/N-ethyl adjacent to an activating group) is 1. The summed E-state index contributed by atoms with van der Waals surface area (Å²) in [4.78, 5) is 15.9. The number of benzene rings is 1. The molecular formula is C26H27N7O. The predicted molar refractivity (Wildman–Crippen MR) is 129 cm³/mol. The number of rotatable bonds is 5. The predicted octanol–water partition coefficient (Wildman–Crippen LogP) is 4.08. The second-order valence-corrected chi connectivity index (χ2v) is 9.75. The number of aliphatic hydroxyl groups is 1. The molecule has 0 spiro atoms. The van der Waals surface area contributed by atoms with E-state index in [9.17, 15) is 10.4 Å². The third-order valence-corrected chi connectivity index (χ3v) is 7.09. The summed E-state index contributed by atoms with van der Waals surface area (Å²) in [6.45, 7) is 2.08. The number of anilines is 4. The van der Waals surface area contributed by atoms with Crippen molar-refractivity contribution in [3.8, 4) is 6.07 Å². The Labute approximate surface area is 198 Å². The summed E-state index contributed by atoms with van der Waals surface area (Å²) in [6.07, 6.45) is 6.53. The van der Waals surface area contributed by atoms with Gasteiger partial charge >= 0.3 is 0 Å². The van der Waals surface area contributed by atoms with E-state index in [1.807, 2.05) is 12.1 Å². The fourth-order valence-electron chi connectivity index (χ4n) is 5.32. The number of nitrogens with zero attached hydrogens (tertiary/aromatic N) is 5. The van der Waals surface area contributed by atoms with Crippen molar-refractivity contribution in [2.24, 2.45) is 0 Å². The Morgan fingerprint density at radius 3 is 2.85 bits per heavy atom. The number of hydrogen-bond donors (Lipinski definition) is 3. The third kappa shape index (κ3) is 3.87. The lowest BCUT2D eigenvalue weighted by Crippen LogP contribution is -2.33. The molecule has 8 heteroatoms. The highest BCUT2D eigenvalue weighted by molar-refractivity contribution is 5.65. The van der Waals surface area contributed by atoms with E-state index in [4.69, 9.17) is 0 Å². The van der Waals surface area contributed by atoms with Crippen molar-refractivity contribution in [1.82, 2.24) is 19.9 Å². The molecular weight excluding hydrogens is 426 g/mol. The van der Waals surface area contributed by atoms with E-state index in [1.165, 1.54) is 30.2 Å². The normalized spacial score (nSPS) is 20.2. The van der Waals surface area contributed by atoms with Crippen LogP contribution in [0.25, 0.3) is 0 Å². The Balaban J connectivity index is 1.29. The van der Waals surface area contributed by atoms with E-state index < -0.39 is 5.60 Å². The highest BCUT2D eigenvalue weighted by atomic mass is 16.3. The molecule has 172 valence electrons. The van der Waals surface area contributed by atoms with Crippen molar-refractivity contribution in [1.29, 1.82) is 5.26 Å². The summed E-state index contributed by atoms with van der Waals surface area (Å²) >= 11 is 0. The lowest BCUT2D eigenvalue weighted by molar-refractivity contribution is 0.146. The van der Waals surface area contributed by atoms with Gasteiger partial charge in [-0.1, -0.05) is 6.07 Å². The minimum atomic E-state index is -0.825. The van der Waals surface area contributed by atoms with Gasteiger partial charge in [0.1, 0.15) is 23.1 Å². The molecule has 6 rings (SSSR count). The molecule has 1 aliphatic heterocycles. The fraction of sp³-hybridized carbons (Fsp3) is 0.385. The number of nitrogens with one attached hydrogen (secondary N) is 2. The van der Waals surface area contributed by atoms with Gasteiger partial charge in [0.25, 0.3) is 0 Å². The number of aromatic nitrogens is 3. The van der Waals surface area contributed by atoms with E-state index >= 15 is 0 Å². The molecule has 3 N–H and O–H groups in total. The van der Waals surface area contributed by atoms with Crippen molar-refractivity contribution >= 4 is 23.3 Å². The smallest absolute Gasteiger partial charge is 0.229 e. The van der Waals surface area contributed by atoms with Crippen LogP contribution < -0.4 is 10.6 Å². The molecule has 3 aromatic rings.